The highest BCUT2D eigenvalue weighted by molar-refractivity contribution is 9.11. The molecule has 1 aromatic heterocycles. The SMILES string of the molecule is NC(=O)C1CCN1Cc1cnc(Br)s1. The van der Waals surface area contributed by atoms with E-state index >= 15 is 0 Å². The van der Waals surface area contributed by atoms with E-state index in [0.29, 0.717) is 0 Å². The minimum atomic E-state index is -0.222. The van der Waals surface area contributed by atoms with Crippen LogP contribution < -0.4 is 5.73 Å². The number of primary amides is 1. The van der Waals surface area contributed by atoms with Crippen molar-refractivity contribution in [2.75, 3.05) is 6.54 Å². The van der Waals surface area contributed by atoms with E-state index in [-0.39, 0.29) is 11.9 Å². The third-order valence-electron chi connectivity index (χ3n) is 2.34. The molecule has 2 heterocycles. The van der Waals surface area contributed by atoms with E-state index in [9.17, 15) is 4.79 Å². The maximum absolute atomic E-state index is 10.9. The maximum atomic E-state index is 10.9. The second kappa shape index (κ2) is 3.96. The van der Waals surface area contributed by atoms with E-state index in [1.165, 1.54) is 0 Å². The average Bonchev–Trinajstić information content (AvgIpc) is 2.44. The molecule has 0 aliphatic carbocycles. The molecule has 1 aliphatic rings. The van der Waals surface area contributed by atoms with Gasteiger partial charge in [-0.1, -0.05) is 0 Å². The van der Waals surface area contributed by atoms with Crippen molar-refractivity contribution >= 4 is 33.2 Å². The lowest BCUT2D eigenvalue weighted by Gasteiger charge is -2.38. The van der Waals surface area contributed by atoms with Crippen LogP contribution in [-0.4, -0.2) is 28.4 Å². The van der Waals surface area contributed by atoms with Gasteiger partial charge in [-0.05, 0) is 22.4 Å². The Morgan fingerprint density at radius 1 is 1.86 bits per heavy atom. The van der Waals surface area contributed by atoms with Gasteiger partial charge in [-0.15, -0.1) is 11.3 Å². The normalized spacial score (nSPS) is 21.9. The van der Waals surface area contributed by atoms with Gasteiger partial charge in [0.05, 0.1) is 6.04 Å². The smallest absolute Gasteiger partial charge is 0.234 e. The van der Waals surface area contributed by atoms with Gasteiger partial charge in [-0.2, -0.15) is 0 Å². The summed E-state index contributed by atoms with van der Waals surface area (Å²) in [6.45, 7) is 1.72. The summed E-state index contributed by atoms with van der Waals surface area (Å²) in [5, 5.41) is 0. The number of thiazole rings is 1. The molecule has 4 nitrogen and oxygen atoms in total. The van der Waals surface area contributed by atoms with E-state index in [1.807, 2.05) is 6.20 Å². The van der Waals surface area contributed by atoms with Gasteiger partial charge in [-0.25, -0.2) is 4.98 Å². The van der Waals surface area contributed by atoms with Gasteiger partial charge in [-0.3, -0.25) is 9.69 Å². The first-order valence-corrected chi connectivity index (χ1v) is 5.91. The second-order valence-corrected chi connectivity index (χ2v) is 5.65. The van der Waals surface area contributed by atoms with Crippen molar-refractivity contribution < 1.29 is 4.79 Å². The molecule has 2 N–H and O–H groups in total. The van der Waals surface area contributed by atoms with Crippen LogP contribution in [0.15, 0.2) is 10.1 Å². The second-order valence-electron chi connectivity index (χ2n) is 3.26. The summed E-state index contributed by atoms with van der Waals surface area (Å²) in [4.78, 5) is 18.3. The van der Waals surface area contributed by atoms with E-state index < -0.39 is 0 Å². The topological polar surface area (TPSA) is 59.2 Å². The third kappa shape index (κ3) is 1.97. The summed E-state index contributed by atoms with van der Waals surface area (Å²) < 4.78 is 0.878. The van der Waals surface area contributed by atoms with Crippen molar-refractivity contribution in [2.24, 2.45) is 5.73 Å². The van der Waals surface area contributed by atoms with Gasteiger partial charge in [0.15, 0.2) is 3.92 Å². The zero-order valence-electron chi connectivity index (χ0n) is 7.44. The number of carbonyl (C=O) groups excluding carboxylic acids is 1. The largest absolute Gasteiger partial charge is 0.368 e. The van der Waals surface area contributed by atoms with Gasteiger partial charge in [0, 0.05) is 24.2 Å². The van der Waals surface area contributed by atoms with Gasteiger partial charge in [0.2, 0.25) is 5.91 Å². The molecule has 0 saturated carbocycles. The predicted octanol–water partition coefficient (Wildman–Crippen LogP) is 0.965. The molecule has 2 rings (SSSR count). The minimum Gasteiger partial charge on any atom is -0.368 e. The van der Waals surface area contributed by atoms with Crippen LogP contribution in [-0.2, 0) is 11.3 Å². The fourth-order valence-corrected chi connectivity index (χ4v) is 2.89. The number of aromatic nitrogens is 1. The molecular formula is C8H10BrN3OS. The summed E-state index contributed by atoms with van der Waals surface area (Å²) in [7, 11) is 0. The van der Waals surface area contributed by atoms with Crippen LogP contribution in [0.5, 0.6) is 0 Å². The number of carbonyl (C=O) groups is 1. The number of nitrogens with zero attached hydrogens (tertiary/aromatic N) is 2. The number of hydrogen-bond donors (Lipinski definition) is 1. The molecule has 1 atom stereocenters. The first-order chi connectivity index (χ1) is 6.66. The molecule has 0 bridgehead atoms. The van der Waals surface area contributed by atoms with Gasteiger partial charge in [0.25, 0.3) is 0 Å². The Labute approximate surface area is 94.2 Å². The molecule has 1 fully saturated rings. The number of amides is 1. The molecule has 0 aromatic carbocycles. The molecule has 14 heavy (non-hydrogen) atoms. The van der Waals surface area contributed by atoms with Crippen LogP contribution >= 0.6 is 27.3 Å². The van der Waals surface area contributed by atoms with Crippen LogP contribution in [0.4, 0.5) is 0 Å². The van der Waals surface area contributed by atoms with Crippen LogP contribution in [0.3, 0.4) is 0 Å². The molecule has 1 aromatic rings. The average molecular weight is 276 g/mol. The molecule has 6 heteroatoms. The van der Waals surface area contributed by atoms with E-state index in [4.69, 9.17) is 5.73 Å². The monoisotopic (exact) mass is 275 g/mol. The summed E-state index contributed by atoms with van der Waals surface area (Å²) in [5.41, 5.74) is 5.24. The lowest BCUT2D eigenvalue weighted by atomic mass is 10.0. The van der Waals surface area contributed by atoms with E-state index in [1.54, 1.807) is 11.3 Å². The molecule has 1 saturated heterocycles. The molecular weight excluding hydrogens is 266 g/mol. The van der Waals surface area contributed by atoms with Crippen LogP contribution in [0.1, 0.15) is 11.3 Å². The minimum absolute atomic E-state index is 0.0733. The fraction of sp³-hybridized carbons (Fsp3) is 0.500. The quantitative estimate of drug-likeness (QED) is 0.894. The van der Waals surface area contributed by atoms with Crippen molar-refractivity contribution in [1.82, 2.24) is 9.88 Å². The molecule has 1 unspecified atom stereocenters. The van der Waals surface area contributed by atoms with Crippen molar-refractivity contribution in [3.8, 4) is 0 Å². The Bertz CT molecular complexity index is 354. The Morgan fingerprint density at radius 3 is 3.07 bits per heavy atom. The Morgan fingerprint density at radius 2 is 2.64 bits per heavy atom. The third-order valence-corrected chi connectivity index (χ3v) is 3.80. The summed E-state index contributed by atoms with van der Waals surface area (Å²) >= 11 is 4.89. The van der Waals surface area contributed by atoms with Crippen LogP contribution in [0.25, 0.3) is 0 Å². The number of likely N-dealkylation sites (tertiary alicyclic amines) is 1. The standard InChI is InChI=1S/C8H10BrN3OS/c9-8-11-3-5(14-8)4-12-2-1-6(12)7(10)13/h3,6H,1-2,4H2,(H2,10,13). The molecule has 76 valence electrons. The van der Waals surface area contributed by atoms with E-state index in [2.05, 4.69) is 25.8 Å². The van der Waals surface area contributed by atoms with Gasteiger partial charge in [0.1, 0.15) is 0 Å². The predicted molar refractivity (Wildman–Crippen MR) is 57.8 cm³/mol. The Balaban J connectivity index is 1.95. The number of nitrogens with two attached hydrogens (primary N) is 1. The fourth-order valence-electron chi connectivity index (χ4n) is 1.51. The van der Waals surface area contributed by atoms with Crippen LogP contribution in [0.2, 0.25) is 0 Å². The molecule has 0 radical (unpaired) electrons. The zero-order valence-corrected chi connectivity index (χ0v) is 9.84. The number of rotatable bonds is 3. The first kappa shape index (κ1) is 10.1. The highest BCUT2D eigenvalue weighted by Crippen LogP contribution is 2.24. The maximum Gasteiger partial charge on any atom is 0.234 e. The summed E-state index contributed by atoms with van der Waals surface area (Å²) in [6.07, 6.45) is 2.71. The number of halogens is 1. The molecule has 0 spiro atoms. The zero-order chi connectivity index (χ0) is 10.1. The van der Waals surface area contributed by atoms with Gasteiger partial charge < -0.3 is 5.73 Å². The first-order valence-electron chi connectivity index (χ1n) is 4.30. The lowest BCUT2D eigenvalue weighted by molar-refractivity contribution is -0.127. The summed E-state index contributed by atoms with van der Waals surface area (Å²) in [5.74, 6) is -0.222. The Hall–Kier alpha value is -0.460. The highest BCUT2D eigenvalue weighted by atomic mass is 79.9. The molecule has 1 aliphatic heterocycles. The highest BCUT2D eigenvalue weighted by Gasteiger charge is 2.32. The lowest BCUT2D eigenvalue weighted by Crippen LogP contribution is -2.54. The van der Waals surface area contributed by atoms with Crippen molar-refractivity contribution in [3.05, 3.63) is 15.0 Å². The van der Waals surface area contributed by atoms with Crippen molar-refractivity contribution in [2.45, 2.75) is 19.0 Å². The summed E-state index contributed by atoms with van der Waals surface area (Å²) in [6, 6.07) is -0.0733. The molecule has 1 amide bonds. The van der Waals surface area contributed by atoms with Gasteiger partial charge >= 0.3 is 0 Å². The van der Waals surface area contributed by atoms with E-state index in [0.717, 1.165) is 28.3 Å². The number of hydrogen-bond acceptors (Lipinski definition) is 4. The Kier molecular flexibility index (Phi) is 2.85. The van der Waals surface area contributed by atoms with Crippen molar-refractivity contribution in [1.29, 1.82) is 0 Å². The van der Waals surface area contributed by atoms with Crippen molar-refractivity contribution in [3.63, 3.8) is 0 Å². The van der Waals surface area contributed by atoms with Crippen LogP contribution in [0, 0.1) is 0 Å².